The van der Waals surface area contributed by atoms with Gasteiger partial charge in [0, 0.05) is 24.4 Å². The van der Waals surface area contributed by atoms with E-state index in [1.807, 2.05) is 6.08 Å². The molecule has 3 N–H and O–H groups in total. The second kappa shape index (κ2) is 13.5. The van der Waals surface area contributed by atoms with Crippen molar-refractivity contribution in [2.45, 2.75) is 120 Å². The molecule has 50 heavy (non-hydrogen) atoms. The molecular weight excluding hydrogens is 673 g/mol. The quantitative estimate of drug-likeness (QED) is 0.386. The van der Waals surface area contributed by atoms with Gasteiger partial charge in [-0.2, -0.15) is 0 Å². The first-order chi connectivity index (χ1) is 23.6. The summed E-state index contributed by atoms with van der Waals surface area (Å²) in [6.07, 6.45) is 4.08. The predicted octanol–water partition coefficient (Wildman–Crippen LogP) is 2.75. The summed E-state index contributed by atoms with van der Waals surface area (Å²) in [4.78, 5) is 70.5. The molecule has 0 unspecified atom stereocenters. The van der Waals surface area contributed by atoms with Gasteiger partial charge in [0.15, 0.2) is 0 Å². The first kappa shape index (κ1) is 35.6. The van der Waals surface area contributed by atoms with Crippen molar-refractivity contribution in [2.24, 2.45) is 5.92 Å². The first-order valence-electron chi connectivity index (χ1n) is 17.1. The fraction of sp³-hybridized carbons (Fsp3) is 0.618. The number of fused-ring (bicyclic) bond motifs is 3. The van der Waals surface area contributed by atoms with Gasteiger partial charge in [-0.3, -0.25) is 24.0 Å². The summed E-state index contributed by atoms with van der Waals surface area (Å²) in [5.74, 6) is -3.07. The molecule has 3 fully saturated rings. The number of nitrogens with one attached hydrogen (secondary N) is 3. The third-order valence-corrected chi connectivity index (χ3v) is 11.6. The van der Waals surface area contributed by atoms with Crippen molar-refractivity contribution in [3.63, 3.8) is 0 Å². The minimum atomic E-state index is -3.91. The van der Waals surface area contributed by atoms with Crippen LogP contribution in [0.1, 0.15) is 83.3 Å². The molecule has 3 heterocycles. The lowest BCUT2D eigenvalue weighted by Gasteiger charge is -2.30. The van der Waals surface area contributed by atoms with E-state index in [-0.39, 0.29) is 38.9 Å². The molecule has 1 saturated heterocycles. The van der Waals surface area contributed by atoms with Crippen molar-refractivity contribution in [2.75, 3.05) is 6.54 Å². The number of nitrogens with zero attached hydrogens (tertiary/aromatic N) is 2. The van der Waals surface area contributed by atoms with Gasteiger partial charge >= 0.3 is 12.2 Å². The highest BCUT2D eigenvalue weighted by molar-refractivity contribution is 7.91. The van der Waals surface area contributed by atoms with Gasteiger partial charge in [0.05, 0.1) is 18.3 Å². The van der Waals surface area contributed by atoms with Crippen LogP contribution in [0, 0.1) is 11.7 Å². The van der Waals surface area contributed by atoms with Gasteiger partial charge in [-0.1, -0.05) is 30.7 Å². The highest BCUT2D eigenvalue weighted by Crippen LogP contribution is 2.46. The molecule has 14 nitrogen and oxygen atoms in total. The summed E-state index contributed by atoms with van der Waals surface area (Å²) < 4.78 is 53.1. The Balaban J connectivity index is 1.24. The molecule has 16 heteroatoms. The van der Waals surface area contributed by atoms with Gasteiger partial charge in [0.2, 0.25) is 21.8 Å². The second-order valence-corrected chi connectivity index (χ2v) is 16.8. The van der Waals surface area contributed by atoms with E-state index in [9.17, 15) is 36.8 Å². The Labute approximate surface area is 290 Å². The minimum absolute atomic E-state index is 0.00168. The number of hydrogen-bond donors (Lipinski definition) is 3. The SMILES string of the molecule is CC(C)(C)OC(=O)N[C@H]1CCCCC=C[C@@H]2C[C@@]2(C(=O)NS(=O)(=O)C2CC2)NC(=O)[C@@H]2C[C@@H](OC(=O)N3Cc4cccc(F)c4C3)CN2C1=O. The molecule has 3 aliphatic heterocycles. The number of allylic oxidation sites excluding steroid dienone is 1. The largest absolute Gasteiger partial charge is 0.444 e. The maximum absolute atomic E-state index is 14.4. The van der Waals surface area contributed by atoms with E-state index in [1.165, 1.54) is 15.9 Å². The average Bonchev–Trinajstić information content (AvgIpc) is 3.91. The third-order valence-electron chi connectivity index (χ3n) is 9.74. The number of rotatable bonds is 5. The van der Waals surface area contributed by atoms with E-state index >= 15 is 0 Å². The first-order valence-corrected chi connectivity index (χ1v) is 18.7. The molecule has 5 aliphatic rings. The number of ether oxygens (including phenoxy) is 2. The smallest absolute Gasteiger partial charge is 0.410 e. The Bertz CT molecular complexity index is 1710. The summed E-state index contributed by atoms with van der Waals surface area (Å²) in [5.41, 5.74) is -1.35. The lowest BCUT2D eigenvalue weighted by molar-refractivity contribution is -0.141. The van der Waals surface area contributed by atoms with Crippen LogP contribution in [0.4, 0.5) is 14.0 Å². The number of sulfonamides is 1. The average molecular weight is 718 g/mol. The number of hydrogen-bond acceptors (Lipinski definition) is 9. The molecule has 0 bridgehead atoms. The van der Waals surface area contributed by atoms with Crippen LogP contribution in [0.3, 0.4) is 0 Å². The van der Waals surface area contributed by atoms with Crippen LogP contribution < -0.4 is 15.4 Å². The zero-order chi connectivity index (χ0) is 36.0. The van der Waals surface area contributed by atoms with E-state index in [2.05, 4.69) is 15.4 Å². The zero-order valence-corrected chi connectivity index (χ0v) is 29.2. The van der Waals surface area contributed by atoms with Crippen LogP contribution in [0.2, 0.25) is 0 Å². The highest BCUT2D eigenvalue weighted by atomic mass is 32.2. The number of carbonyl (C=O) groups excluding carboxylic acids is 5. The van der Waals surface area contributed by atoms with Crippen molar-refractivity contribution in [1.29, 1.82) is 0 Å². The van der Waals surface area contributed by atoms with Crippen molar-refractivity contribution < 1.29 is 46.3 Å². The molecule has 6 rings (SSSR count). The molecule has 272 valence electrons. The summed E-state index contributed by atoms with van der Waals surface area (Å²) in [6, 6.07) is 2.29. The predicted molar refractivity (Wildman–Crippen MR) is 176 cm³/mol. The van der Waals surface area contributed by atoms with E-state index in [0.29, 0.717) is 43.2 Å². The van der Waals surface area contributed by atoms with E-state index in [1.54, 1.807) is 39.0 Å². The summed E-state index contributed by atoms with van der Waals surface area (Å²) in [6.45, 7) is 5.00. The molecule has 2 aliphatic carbocycles. The number of amides is 5. The third kappa shape index (κ3) is 7.74. The molecule has 1 aromatic carbocycles. The van der Waals surface area contributed by atoms with E-state index in [4.69, 9.17) is 9.47 Å². The number of halogens is 1. The molecule has 0 aromatic heterocycles. The Hall–Kier alpha value is -4.21. The monoisotopic (exact) mass is 717 g/mol. The van der Waals surface area contributed by atoms with Gasteiger partial charge in [-0.05, 0) is 70.9 Å². The van der Waals surface area contributed by atoms with Crippen LogP contribution in [0.15, 0.2) is 30.4 Å². The van der Waals surface area contributed by atoms with Crippen molar-refractivity contribution in [3.05, 3.63) is 47.3 Å². The zero-order valence-electron chi connectivity index (χ0n) is 28.4. The van der Waals surface area contributed by atoms with Gasteiger partial charge in [0.1, 0.15) is 35.1 Å². The standard InChI is InChI=1S/C34H44FN5O9S/c1-33(2,3)49-31(44)36-26-12-7-5-4-6-10-21-16-34(21,30(43)38-50(46,47)23-13-14-23)37-28(41)27-15-22(18-40(27)29(26)42)48-32(45)39-17-20-9-8-11-25(35)24(20)19-39/h6,8-11,21-23,26-27H,4-5,7,12-19H2,1-3H3,(H,36,44)(H,37,41)(H,38,43)/t21-,22-,26+,27+,34-/m1/s1. The number of alkyl carbamates (subject to hydrolysis) is 1. The van der Waals surface area contributed by atoms with Crippen LogP contribution in [-0.4, -0.2) is 89.2 Å². The highest BCUT2D eigenvalue weighted by Gasteiger charge is 2.62. The van der Waals surface area contributed by atoms with Gasteiger partial charge in [0.25, 0.3) is 5.91 Å². The fourth-order valence-corrected chi connectivity index (χ4v) is 8.21. The fourth-order valence-electron chi connectivity index (χ4n) is 6.85. The summed E-state index contributed by atoms with van der Waals surface area (Å²) in [5, 5.41) is 4.76. The maximum Gasteiger partial charge on any atom is 0.410 e. The molecule has 2 saturated carbocycles. The van der Waals surface area contributed by atoms with E-state index in [0.717, 1.165) is 0 Å². The second-order valence-electron chi connectivity index (χ2n) is 14.8. The maximum atomic E-state index is 14.4. The lowest BCUT2D eigenvalue weighted by Crippen LogP contribution is -2.58. The Morgan fingerprint density at radius 1 is 1.08 bits per heavy atom. The lowest BCUT2D eigenvalue weighted by atomic mass is 10.0. The minimum Gasteiger partial charge on any atom is -0.444 e. The molecule has 1 aromatic rings. The summed E-state index contributed by atoms with van der Waals surface area (Å²) >= 11 is 0. The van der Waals surface area contributed by atoms with Crippen molar-refractivity contribution in [3.8, 4) is 0 Å². The van der Waals surface area contributed by atoms with Crippen LogP contribution in [0.25, 0.3) is 0 Å². The van der Waals surface area contributed by atoms with Crippen molar-refractivity contribution in [1.82, 2.24) is 25.2 Å². The topological polar surface area (TPSA) is 181 Å². The summed E-state index contributed by atoms with van der Waals surface area (Å²) in [7, 11) is -3.91. The van der Waals surface area contributed by atoms with Crippen LogP contribution >= 0.6 is 0 Å². The van der Waals surface area contributed by atoms with Gasteiger partial charge < -0.3 is 25.0 Å². The van der Waals surface area contributed by atoms with Crippen LogP contribution in [-0.2, 0) is 47.0 Å². The normalized spacial score (nSPS) is 28.4. The van der Waals surface area contributed by atoms with Gasteiger partial charge in [-0.25, -0.2) is 22.4 Å². The Kier molecular flexibility index (Phi) is 9.61. The molecule has 0 spiro atoms. The number of benzene rings is 1. The molecule has 5 atom stereocenters. The van der Waals surface area contributed by atoms with E-state index < -0.39 is 86.2 Å². The van der Waals surface area contributed by atoms with Gasteiger partial charge in [-0.15, -0.1) is 0 Å². The Morgan fingerprint density at radius 3 is 2.54 bits per heavy atom. The molecule has 5 amide bonds. The number of carbonyl (C=O) groups is 5. The van der Waals surface area contributed by atoms with Crippen molar-refractivity contribution >= 4 is 39.9 Å². The molecular formula is C34H44FN5O9S. The van der Waals surface area contributed by atoms with Crippen LogP contribution in [0.5, 0.6) is 0 Å². The Morgan fingerprint density at radius 2 is 1.84 bits per heavy atom. The molecule has 0 radical (unpaired) electrons.